The highest BCUT2D eigenvalue weighted by Crippen LogP contribution is 2.17. The third-order valence-corrected chi connectivity index (χ3v) is 4.01. The molecule has 0 radical (unpaired) electrons. The van der Waals surface area contributed by atoms with E-state index in [0.717, 1.165) is 16.7 Å². The highest BCUT2D eigenvalue weighted by Gasteiger charge is 2.10. The van der Waals surface area contributed by atoms with E-state index >= 15 is 0 Å². The van der Waals surface area contributed by atoms with Crippen molar-refractivity contribution in [3.63, 3.8) is 0 Å². The molecule has 0 amide bonds. The van der Waals surface area contributed by atoms with E-state index in [2.05, 4.69) is 22.6 Å². The van der Waals surface area contributed by atoms with Crippen molar-refractivity contribution >= 4 is 39.7 Å². The average Bonchev–Trinajstić information content (AvgIpc) is 2.68. The van der Waals surface area contributed by atoms with E-state index in [1.54, 1.807) is 11.3 Å². The molecule has 1 nitrogen and oxygen atoms in total. The summed E-state index contributed by atoms with van der Waals surface area (Å²) in [7, 11) is 0. The lowest BCUT2D eigenvalue weighted by Crippen LogP contribution is -2.03. The van der Waals surface area contributed by atoms with Gasteiger partial charge in [0.25, 0.3) is 0 Å². The van der Waals surface area contributed by atoms with Gasteiger partial charge in [0.05, 0.1) is 0 Å². The fourth-order valence-electron chi connectivity index (χ4n) is 1.53. The standard InChI is InChI=1S/C13H11IOS/c1-9-7-16-8-12(9)13(15)6-10-2-4-11(14)5-3-10/h2-5,7-8H,6H2,1H3. The van der Waals surface area contributed by atoms with Gasteiger partial charge in [-0.2, -0.15) is 11.3 Å². The van der Waals surface area contributed by atoms with Crippen molar-refractivity contribution in [3.8, 4) is 0 Å². The first-order chi connectivity index (χ1) is 7.66. The van der Waals surface area contributed by atoms with Crippen molar-refractivity contribution in [2.24, 2.45) is 0 Å². The third kappa shape index (κ3) is 2.71. The molecule has 0 unspecified atom stereocenters. The molecule has 0 spiro atoms. The van der Waals surface area contributed by atoms with Crippen LogP contribution in [0.1, 0.15) is 21.5 Å². The fourth-order valence-corrected chi connectivity index (χ4v) is 2.74. The van der Waals surface area contributed by atoms with Crippen LogP contribution in [0.3, 0.4) is 0 Å². The molecule has 1 aromatic carbocycles. The summed E-state index contributed by atoms with van der Waals surface area (Å²) in [5.41, 5.74) is 3.03. The number of Topliss-reactive ketones (excluding diaryl/α,β-unsaturated/α-hetero) is 1. The van der Waals surface area contributed by atoms with Gasteiger partial charge in [0.15, 0.2) is 5.78 Å². The van der Waals surface area contributed by atoms with E-state index in [4.69, 9.17) is 0 Å². The van der Waals surface area contributed by atoms with Gasteiger partial charge in [0.2, 0.25) is 0 Å². The molecule has 16 heavy (non-hydrogen) atoms. The number of rotatable bonds is 3. The molecule has 3 heteroatoms. The number of ketones is 1. The zero-order valence-corrected chi connectivity index (χ0v) is 11.8. The van der Waals surface area contributed by atoms with Crippen molar-refractivity contribution in [2.75, 3.05) is 0 Å². The SMILES string of the molecule is Cc1cscc1C(=O)Cc1ccc(I)cc1. The predicted octanol–water partition coefficient (Wildman–Crippen LogP) is 4.09. The van der Waals surface area contributed by atoms with Crippen LogP contribution >= 0.6 is 33.9 Å². The number of carbonyl (C=O) groups is 1. The molecule has 0 fully saturated rings. The Kier molecular flexibility index (Phi) is 3.76. The number of hydrogen-bond acceptors (Lipinski definition) is 2. The monoisotopic (exact) mass is 342 g/mol. The van der Waals surface area contributed by atoms with Crippen LogP contribution < -0.4 is 0 Å². The van der Waals surface area contributed by atoms with Crippen molar-refractivity contribution in [3.05, 3.63) is 55.3 Å². The summed E-state index contributed by atoms with van der Waals surface area (Å²) < 4.78 is 1.19. The van der Waals surface area contributed by atoms with Crippen LogP contribution in [0, 0.1) is 10.5 Å². The summed E-state index contributed by atoms with van der Waals surface area (Å²) in [4.78, 5) is 12.0. The molecule has 2 rings (SSSR count). The molecule has 82 valence electrons. The molecule has 0 aliphatic rings. The maximum absolute atomic E-state index is 12.0. The second-order valence-electron chi connectivity index (χ2n) is 3.69. The molecule has 0 N–H and O–H groups in total. The molecule has 0 bridgehead atoms. The Morgan fingerprint density at radius 2 is 1.94 bits per heavy atom. The molecule has 0 atom stereocenters. The lowest BCUT2D eigenvalue weighted by molar-refractivity contribution is 0.0993. The highest BCUT2D eigenvalue weighted by atomic mass is 127. The minimum Gasteiger partial charge on any atom is -0.294 e. The minimum atomic E-state index is 0.208. The Balaban J connectivity index is 2.14. The van der Waals surface area contributed by atoms with Gasteiger partial charge in [-0.05, 0) is 58.2 Å². The Morgan fingerprint density at radius 3 is 2.50 bits per heavy atom. The van der Waals surface area contributed by atoms with E-state index in [-0.39, 0.29) is 5.78 Å². The molecule has 0 saturated heterocycles. The number of benzene rings is 1. The third-order valence-electron chi connectivity index (χ3n) is 2.43. The van der Waals surface area contributed by atoms with Gasteiger partial charge >= 0.3 is 0 Å². The maximum Gasteiger partial charge on any atom is 0.168 e. The van der Waals surface area contributed by atoms with Crippen LogP contribution in [0.15, 0.2) is 35.0 Å². The Hall–Kier alpha value is -0.680. The second kappa shape index (κ2) is 5.10. The van der Waals surface area contributed by atoms with Gasteiger partial charge in [-0.25, -0.2) is 0 Å². The Morgan fingerprint density at radius 1 is 1.25 bits per heavy atom. The highest BCUT2D eigenvalue weighted by molar-refractivity contribution is 14.1. The summed E-state index contributed by atoms with van der Waals surface area (Å²) in [5.74, 6) is 0.208. The topological polar surface area (TPSA) is 17.1 Å². The summed E-state index contributed by atoms with van der Waals surface area (Å²) >= 11 is 3.85. The van der Waals surface area contributed by atoms with Crippen LogP contribution in [0.25, 0.3) is 0 Å². The van der Waals surface area contributed by atoms with Gasteiger partial charge in [-0.15, -0.1) is 0 Å². The van der Waals surface area contributed by atoms with Gasteiger partial charge in [0, 0.05) is 20.9 Å². The fraction of sp³-hybridized carbons (Fsp3) is 0.154. The number of carbonyl (C=O) groups excluding carboxylic acids is 1. The van der Waals surface area contributed by atoms with E-state index in [0.29, 0.717) is 6.42 Å². The number of aryl methyl sites for hydroxylation is 1. The van der Waals surface area contributed by atoms with Crippen LogP contribution in [-0.4, -0.2) is 5.78 Å². The summed E-state index contributed by atoms with van der Waals surface area (Å²) in [5, 5.41) is 3.95. The molecular formula is C13H11IOS. The first-order valence-corrected chi connectivity index (χ1v) is 6.99. The normalized spacial score (nSPS) is 10.4. The van der Waals surface area contributed by atoms with E-state index < -0.39 is 0 Å². The average molecular weight is 342 g/mol. The van der Waals surface area contributed by atoms with Crippen LogP contribution in [-0.2, 0) is 6.42 Å². The van der Waals surface area contributed by atoms with Gasteiger partial charge in [-0.1, -0.05) is 12.1 Å². The zero-order chi connectivity index (χ0) is 11.5. The largest absolute Gasteiger partial charge is 0.294 e. The van der Waals surface area contributed by atoms with E-state index in [1.807, 2.05) is 41.9 Å². The first-order valence-electron chi connectivity index (χ1n) is 4.97. The molecule has 0 saturated carbocycles. The summed E-state index contributed by atoms with van der Waals surface area (Å²) in [6, 6.07) is 8.09. The summed E-state index contributed by atoms with van der Waals surface area (Å²) in [6.07, 6.45) is 0.495. The molecule has 0 aliphatic heterocycles. The molecule has 0 aliphatic carbocycles. The maximum atomic E-state index is 12.0. The molecule has 2 aromatic rings. The molecular weight excluding hydrogens is 331 g/mol. The van der Waals surface area contributed by atoms with E-state index in [1.165, 1.54) is 3.57 Å². The predicted molar refractivity (Wildman–Crippen MR) is 76.2 cm³/mol. The van der Waals surface area contributed by atoms with Gasteiger partial charge in [0.1, 0.15) is 0 Å². The molecule has 1 aromatic heterocycles. The van der Waals surface area contributed by atoms with Crippen molar-refractivity contribution in [1.82, 2.24) is 0 Å². The number of thiophene rings is 1. The first kappa shape index (κ1) is 11.8. The lowest BCUT2D eigenvalue weighted by Gasteiger charge is -2.01. The van der Waals surface area contributed by atoms with Crippen LogP contribution in [0.4, 0.5) is 0 Å². The summed E-state index contributed by atoms with van der Waals surface area (Å²) in [6.45, 7) is 1.98. The smallest absolute Gasteiger partial charge is 0.168 e. The molecule has 1 heterocycles. The van der Waals surface area contributed by atoms with Gasteiger partial charge in [-0.3, -0.25) is 4.79 Å². The number of halogens is 1. The second-order valence-corrected chi connectivity index (χ2v) is 5.68. The van der Waals surface area contributed by atoms with Gasteiger partial charge < -0.3 is 0 Å². The lowest BCUT2D eigenvalue weighted by atomic mass is 10.0. The van der Waals surface area contributed by atoms with Crippen molar-refractivity contribution in [1.29, 1.82) is 0 Å². The quantitative estimate of drug-likeness (QED) is 0.607. The minimum absolute atomic E-state index is 0.208. The van der Waals surface area contributed by atoms with Crippen LogP contribution in [0.5, 0.6) is 0 Å². The zero-order valence-electron chi connectivity index (χ0n) is 8.87. The van der Waals surface area contributed by atoms with Crippen LogP contribution in [0.2, 0.25) is 0 Å². The Labute approximate surface area is 113 Å². The van der Waals surface area contributed by atoms with E-state index in [9.17, 15) is 4.79 Å². The Bertz CT molecular complexity index is 499. The number of hydrogen-bond donors (Lipinski definition) is 0. The van der Waals surface area contributed by atoms with Crippen molar-refractivity contribution < 1.29 is 4.79 Å². The van der Waals surface area contributed by atoms with Crippen molar-refractivity contribution in [2.45, 2.75) is 13.3 Å².